The Bertz CT molecular complexity index is 1200. The third-order valence-corrected chi connectivity index (χ3v) is 6.34. The number of nitrogens with zero attached hydrogens (tertiary/aromatic N) is 6. The zero-order valence-corrected chi connectivity index (χ0v) is 17.7. The van der Waals surface area contributed by atoms with Gasteiger partial charge < -0.3 is 5.32 Å². The van der Waals surface area contributed by atoms with Gasteiger partial charge in [-0.05, 0) is 24.9 Å². The quantitative estimate of drug-likeness (QED) is 0.551. The van der Waals surface area contributed by atoms with Gasteiger partial charge in [-0.1, -0.05) is 13.8 Å². The van der Waals surface area contributed by atoms with Gasteiger partial charge in [0.15, 0.2) is 21.3 Å². The number of fused-ring (bicyclic) bond motifs is 1. The number of nitrogens with one attached hydrogen (secondary N) is 1. The standard InChI is InChI=1S/C17H20ClN7O3S/c1-4-10(3)25-15-12(8-22-17(18)24-15)23-14(16(25)26)21-9-13-19-6-11(7-20-13)29(27,28)5-2/h6-8,10H,4-5,9H2,1-3H3,(H,21,23)/t10-/m0/s1. The minimum absolute atomic E-state index is 0.0315. The minimum atomic E-state index is -3.37. The maximum absolute atomic E-state index is 13.0. The van der Waals surface area contributed by atoms with Crippen LogP contribution in [-0.4, -0.2) is 43.7 Å². The summed E-state index contributed by atoms with van der Waals surface area (Å²) in [5, 5.41) is 2.95. The zero-order valence-electron chi connectivity index (χ0n) is 16.1. The van der Waals surface area contributed by atoms with Crippen molar-refractivity contribution in [2.75, 3.05) is 11.1 Å². The first-order valence-corrected chi connectivity index (χ1v) is 11.0. The largest absolute Gasteiger partial charge is 0.358 e. The summed E-state index contributed by atoms with van der Waals surface area (Å²) in [5.41, 5.74) is 0.425. The molecule has 0 bridgehead atoms. The lowest BCUT2D eigenvalue weighted by Crippen LogP contribution is -2.28. The summed E-state index contributed by atoms with van der Waals surface area (Å²) in [5.74, 6) is 0.386. The van der Waals surface area contributed by atoms with Gasteiger partial charge in [-0.2, -0.15) is 4.98 Å². The van der Waals surface area contributed by atoms with Gasteiger partial charge in [0.05, 0.1) is 18.5 Å². The molecule has 0 aliphatic carbocycles. The van der Waals surface area contributed by atoms with E-state index < -0.39 is 9.84 Å². The number of hydrogen-bond donors (Lipinski definition) is 1. The predicted molar refractivity (Wildman–Crippen MR) is 109 cm³/mol. The van der Waals surface area contributed by atoms with E-state index in [1.54, 1.807) is 6.92 Å². The SMILES string of the molecule is CC[C@H](C)n1c(=O)c(NCc2ncc(S(=O)(=O)CC)cn2)nc2cnc(Cl)nc21. The highest BCUT2D eigenvalue weighted by molar-refractivity contribution is 7.91. The molecule has 0 saturated carbocycles. The Balaban J connectivity index is 1.94. The number of hydrogen-bond acceptors (Lipinski definition) is 9. The topological polar surface area (TPSA) is 133 Å². The molecule has 1 atom stereocenters. The molecule has 3 aromatic rings. The molecule has 0 aromatic carbocycles. The first kappa shape index (κ1) is 21.1. The van der Waals surface area contributed by atoms with Crippen molar-refractivity contribution >= 4 is 38.4 Å². The molecule has 0 fully saturated rings. The van der Waals surface area contributed by atoms with Gasteiger partial charge in [-0.3, -0.25) is 9.36 Å². The Hall–Kier alpha value is -2.66. The zero-order chi connectivity index (χ0) is 21.2. The van der Waals surface area contributed by atoms with E-state index in [9.17, 15) is 13.2 Å². The Morgan fingerprint density at radius 3 is 2.45 bits per heavy atom. The van der Waals surface area contributed by atoms with E-state index in [0.717, 1.165) is 0 Å². The van der Waals surface area contributed by atoms with E-state index in [2.05, 4.69) is 30.2 Å². The summed E-state index contributed by atoms with van der Waals surface area (Å²) < 4.78 is 25.2. The fourth-order valence-corrected chi connectivity index (χ4v) is 3.50. The van der Waals surface area contributed by atoms with Crippen LogP contribution < -0.4 is 10.9 Å². The molecule has 29 heavy (non-hydrogen) atoms. The second kappa shape index (κ2) is 8.37. The van der Waals surface area contributed by atoms with E-state index in [1.165, 1.54) is 23.2 Å². The van der Waals surface area contributed by atoms with Crippen molar-refractivity contribution in [3.8, 4) is 0 Å². The van der Waals surface area contributed by atoms with Crippen LogP contribution in [0.2, 0.25) is 5.28 Å². The normalized spacial score (nSPS) is 12.8. The van der Waals surface area contributed by atoms with Gasteiger partial charge >= 0.3 is 0 Å². The van der Waals surface area contributed by atoms with Crippen LogP contribution in [0, 0.1) is 0 Å². The van der Waals surface area contributed by atoms with Crippen molar-refractivity contribution in [2.24, 2.45) is 0 Å². The summed E-state index contributed by atoms with van der Waals surface area (Å²) in [6.45, 7) is 5.50. The second-order valence-electron chi connectivity index (χ2n) is 6.33. The Morgan fingerprint density at radius 2 is 1.83 bits per heavy atom. The Morgan fingerprint density at radius 1 is 1.14 bits per heavy atom. The van der Waals surface area contributed by atoms with Gasteiger partial charge in [0.25, 0.3) is 5.56 Å². The molecule has 1 N–H and O–H groups in total. The fraction of sp³-hybridized carbons (Fsp3) is 0.412. The van der Waals surface area contributed by atoms with Crippen LogP contribution >= 0.6 is 11.6 Å². The number of sulfone groups is 1. The van der Waals surface area contributed by atoms with Crippen LogP contribution in [-0.2, 0) is 16.4 Å². The third kappa shape index (κ3) is 4.35. The van der Waals surface area contributed by atoms with E-state index in [0.29, 0.717) is 23.4 Å². The molecule has 10 nitrogen and oxygen atoms in total. The number of rotatable bonds is 7. The van der Waals surface area contributed by atoms with Gasteiger partial charge in [0.2, 0.25) is 5.28 Å². The highest BCUT2D eigenvalue weighted by Crippen LogP contribution is 2.18. The average Bonchev–Trinajstić information content (AvgIpc) is 2.72. The number of anilines is 1. The lowest BCUT2D eigenvalue weighted by Gasteiger charge is -2.17. The van der Waals surface area contributed by atoms with Crippen LogP contribution in [0.3, 0.4) is 0 Å². The highest BCUT2D eigenvalue weighted by atomic mass is 35.5. The van der Waals surface area contributed by atoms with E-state index in [1.807, 2.05) is 13.8 Å². The van der Waals surface area contributed by atoms with Crippen molar-refractivity contribution in [3.63, 3.8) is 0 Å². The van der Waals surface area contributed by atoms with Gasteiger partial charge in [-0.25, -0.2) is 28.4 Å². The minimum Gasteiger partial charge on any atom is -0.358 e. The first-order valence-electron chi connectivity index (χ1n) is 8.99. The summed E-state index contributed by atoms with van der Waals surface area (Å²) in [4.78, 5) is 33.5. The molecule has 0 radical (unpaired) electrons. The lowest BCUT2D eigenvalue weighted by atomic mass is 10.2. The third-order valence-electron chi connectivity index (χ3n) is 4.47. The van der Waals surface area contributed by atoms with Crippen LogP contribution in [0.1, 0.15) is 39.1 Å². The lowest BCUT2D eigenvalue weighted by molar-refractivity contribution is 0.526. The van der Waals surface area contributed by atoms with Crippen molar-refractivity contribution in [1.29, 1.82) is 0 Å². The molecule has 0 aliphatic rings. The van der Waals surface area contributed by atoms with Gasteiger partial charge in [0, 0.05) is 18.4 Å². The maximum Gasteiger partial charge on any atom is 0.295 e. The molecule has 154 valence electrons. The molecule has 0 aliphatic heterocycles. The smallest absolute Gasteiger partial charge is 0.295 e. The van der Waals surface area contributed by atoms with Crippen molar-refractivity contribution in [3.05, 3.63) is 40.1 Å². The molecule has 3 rings (SSSR count). The summed E-state index contributed by atoms with van der Waals surface area (Å²) in [7, 11) is -3.37. The highest BCUT2D eigenvalue weighted by Gasteiger charge is 2.17. The van der Waals surface area contributed by atoms with Crippen molar-refractivity contribution in [1.82, 2.24) is 29.5 Å². The number of halogens is 1. The van der Waals surface area contributed by atoms with Crippen molar-refractivity contribution in [2.45, 2.75) is 44.7 Å². The monoisotopic (exact) mass is 437 g/mol. The molecule has 3 aromatic heterocycles. The molecule has 12 heteroatoms. The second-order valence-corrected chi connectivity index (χ2v) is 8.95. The fourth-order valence-electron chi connectivity index (χ4n) is 2.61. The Labute approximate surface area is 172 Å². The summed E-state index contributed by atoms with van der Waals surface area (Å²) in [6.07, 6.45) is 4.67. The number of aromatic nitrogens is 6. The molecule has 0 saturated heterocycles. The van der Waals surface area contributed by atoms with E-state index >= 15 is 0 Å². The molecular weight excluding hydrogens is 418 g/mol. The molecule has 0 amide bonds. The van der Waals surface area contributed by atoms with Crippen LogP contribution in [0.4, 0.5) is 5.82 Å². The van der Waals surface area contributed by atoms with Gasteiger partial charge in [0.1, 0.15) is 16.2 Å². The van der Waals surface area contributed by atoms with Gasteiger partial charge in [-0.15, -0.1) is 0 Å². The van der Waals surface area contributed by atoms with Crippen LogP contribution in [0.25, 0.3) is 11.2 Å². The van der Waals surface area contributed by atoms with Crippen LogP contribution in [0.5, 0.6) is 0 Å². The average molecular weight is 438 g/mol. The molecular formula is C17H20ClN7O3S. The first-order chi connectivity index (χ1) is 13.8. The Kier molecular flexibility index (Phi) is 6.08. The summed E-state index contributed by atoms with van der Waals surface area (Å²) >= 11 is 5.89. The molecule has 3 heterocycles. The predicted octanol–water partition coefficient (Wildman–Crippen LogP) is 2.01. The molecule has 0 spiro atoms. The van der Waals surface area contributed by atoms with Crippen molar-refractivity contribution < 1.29 is 8.42 Å². The summed E-state index contributed by atoms with van der Waals surface area (Å²) in [6, 6.07) is -0.130. The molecule has 0 unspecified atom stereocenters. The van der Waals surface area contributed by atoms with E-state index in [-0.39, 0.29) is 39.9 Å². The maximum atomic E-state index is 13.0. The van der Waals surface area contributed by atoms with E-state index in [4.69, 9.17) is 11.6 Å². The van der Waals surface area contributed by atoms with Crippen LogP contribution in [0.15, 0.2) is 28.3 Å².